The average molecular weight is 375 g/mol. The van der Waals surface area contributed by atoms with Crippen molar-refractivity contribution in [3.8, 4) is 0 Å². The first-order valence-corrected chi connectivity index (χ1v) is 8.99. The highest BCUT2D eigenvalue weighted by Gasteiger charge is 2.32. The van der Waals surface area contributed by atoms with Gasteiger partial charge in [0.05, 0.1) is 13.2 Å². The molecule has 0 atom stereocenters. The van der Waals surface area contributed by atoms with Crippen LogP contribution in [0.5, 0.6) is 0 Å². The Morgan fingerprint density at radius 3 is 1.88 bits per heavy atom. The van der Waals surface area contributed by atoms with Crippen molar-refractivity contribution in [1.82, 2.24) is 0 Å². The Morgan fingerprint density at radius 2 is 1.42 bits per heavy atom. The summed E-state index contributed by atoms with van der Waals surface area (Å²) in [4.78, 5) is 15.6. The maximum Gasteiger partial charge on any atom is 0.383 e. The molecule has 152 valence electrons. The van der Waals surface area contributed by atoms with Crippen LogP contribution in [0.15, 0.2) is 17.1 Å². The van der Waals surface area contributed by atoms with Gasteiger partial charge in [0, 0.05) is 31.8 Å². The van der Waals surface area contributed by atoms with Gasteiger partial charge in [-0.15, -0.1) is 0 Å². The number of aliphatic imine (C=N–C) groups is 1. The summed E-state index contributed by atoms with van der Waals surface area (Å²) in [5.41, 5.74) is 0.336. The van der Waals surface area contributed by atoms with Crippen LogP contribution in [0.2, 0.25) is 0 Å². The SMILES string of the molecule is C=C(C)C(=O)OCCOC(=NCCC(OCC)(OCC)OCC)OCC. The first-order valence-electron chi connectivity index (χ1n) is 8.99. The van der Waals surface area contributed by atoms with Gasteiger partial charge in [-0.1, -0.05) is 6.58 Å². The van der Waals surface area contributed by atoms with E-state index in [1.807, 2.05) is 27.7 Å². The molecule has 0 radical (unpaired) electrons. The summed E-state index contributed by atoms with van der Waals surface area (Å²) < 4.78 is 32.6. The van der Waals surface area contributed by atoms with Gasteiger partial charge in [0.15, 0.2) is 0 Å². The summed E-state index contributed by atoms with van der Waals surface area (Å²) in [6.07, 6.45) is 0.505. The maximum absolute atomic E-state index is 11.3. The third-order valence-corrected chi connectivity index (χ3v) is 2.91. The molecule has 8 nitrogen and oxygen atoms in total. The molecule has 8 heteroatoms. The van der Waals surface area contributed by atoms with Gasteiger partial charge in [0.25, 0.3) is 5.97 Å². The number of carbonyl (C=O) groups excluding carboxylic acids is 1. The molecule has 0 N–H and O–H groups in total. The van der Waals surface area contributed by atoms with E-state index in [-0.39, 0.29) is 19.3 Å². The number of nitrogens with zero attached hydrogens (tertiary/aromatic N) is 1. The van der Waals surface area contributed by atoms with E-state index < -0.39 is 11.9 Å². The minimum Gasteiger partial charge on any atom is -0.459 e. The molecule has 26 heavy (non-hydrogen) atoms. The zero-order valence-corrected chi connectivity index (χ0v) is 16.7. The Hall–Kier alpha value is -1.64. The zero-order chi connectivity index (χ0) is 19.8. The highest BCUT2D eigenvalue weighted by molar-refractivity contribution is 5.86. The number of hydrogen-bond donors (Lipinski definition) is 0. The normalized spacial score (nSPS) is 12.0. The predicted octanol–water partition coefficient (Wildman–Crippen LogP) is 2.67. The van der Waals surface area contributed by atoms with Gasteiger partial charge >= 0.3 is 12.1 Å². The van der Waals surface area contributed by atoms with Gasteiger partial charge in [0.2, 0.25) is 0 Å². The van der Waals surface area contributed by atoms with Crippen LogP contribution in [0.1, 0.15) is 41.0 Å². The molecule has 0 unspecified atom stereocenters. The number of esters is 1. The van der Waals surface area contributed by atoms with Crippen LogP contribution in [0.25, 0.3) is 0 Å². The highest BCUT2D eigenvalue weighted by atomic mass is 16.9. The Kier molecular flexibility index (Phi) is 13.6. The molecule has 0 aliphatic rings. The van der Waals surface area contributed by atoms with E-state index in [1.54, 1.807) is 6.92 Å². The number of rotatable bonds is 14. The molecule has 0 saturated heterocycles. The maximum atomic E-state index is 11.3. The monoisotopic (exact) mass is 375 g/mol. The molecule has 0 heterocycles. The van der Waals surface area contributed by atoms with Gasteiger partial charge in [-0.05, 0) is 34.6 Å². The third-order valence-electron chi connectivity index (χ3n) is 2.91. The van der Waals surface area contributed by atoms with Gasteiger partial charge < -0.3 is 28.4 Å². The second kappa shape index (κ2) is 14.5. The lowest BCUT2D eigenvalue weighted by molar-refractivity contribution is -0.378. The van der Waals surface area contributed by atoms with E-state index >= 15 is 0 Å². The molecule has 0 aromatic heterocycles. The Balaban J connectivity index is 4.59. The first-order chi connectivity index (χ1) is 12.4. The molecule has 0 aliphatic carbocycles. The van der Waals surface area contributed by atoms with Gasteiger partial charge in [0.1, 0.15) is 13.2 Å². The fraction of sp³-hybridized carbons (Fsp3) is 0.778. The smallest absolute Gasteiger partial charge is 0.383 e. The first kappa shape index (κ1) is 24.4. The van der Waals surface area contributed by atoms with Crippen molar-refractivity contribution < 1.29 is 33.2 Å². The zero-order valence-electron chi connectivity index (χ0n) is 16.7. The van der Waals surface area contributed by atoms with Crippen molar-refractivity contribution in [3.05, 3.63) is 12.2 Å². The molecule has 0 bridgehead atoms. The van der Waals surface area contributed by atoms with Crippen LogP contribution in [-0.4, -0.2) is 64.2 Å². The largest absolute Gasteiger partial charge is 0.459 e. The van der Waals surface area contributed by atoms with Gasteiger partial charge in [-0.3, -0.25) is 0 Å². The van der Waals surface area contributed by atoms with Crippen LogP contribution in [0.4, 0.5) is 0 Å². The Bertz CT molecular complexity index is 420. The van der Waals surface area contributed by atoms with Crippen molar-refractivity contribution in [2.75, 3.05) is 46.2 Å². The molecule has 0 aliphatic heterocycles. The summed E-state index contributed by atoms with van der Waals surface area (Å²) in [5, 5.41) is 0. The number of ether oxygens (including phenoxy) is 6. The van der Waals surface area contributed by atoms with E-state index in [2.05, 4.69) is 11.6 Å². The lowest BCUT2D eigenvalue weighted by atomic mass is 10.3. The second-order valence-electron chi connectivity index (χ2n) is 5.08. The lowest BCUT2D eigenvalue weighted by Gasteiger charge is -2.31. The minimum absolute atomic E-state index is 0.0819. The molecular formula is C18H33NO7. The van der Waals surface area contributed by atoms with E-state index in [0.717, 1.165) is 0 Å². The molecule has 0 amide bonds. The van der Waals surface area contributed by atoms with Crippen molar-refractivity contribution in [1.29, 1.82) is 0 Å². The average Bonchev–Trinajstić information content (AvgIpc) is 2.59. The van der Waals surface area contributed by atoms with Crippen LogP contribution >= 0.6 is 0 Å². The van der Waals surface area contributed by atoms with Crippen molar-refractivity contribution in [2.45, 2.75) is 47.0 Å². The van der Waals surface area contributed by atoms with Crippen LogP contribution in [0, 0.1) is 0 Å². The molecule has 0 spiro atoms. The lowest BCUT2D eigenvalue weighted by Crippen LogP contribution is -2.40. The van der Waals surface area contributed by atoms with E-state index in [1.165, 1.54) is 0 Å². The van der Waals surface area contributed by atoms with Gasteiger partial charge in [-0.25, -0.2) is 9.79 Å². The fourth-order valence-electron chi connectivity index (χ4n) is 1.93. The summed E-state index contributed by atoms with van der Waals surface area (Å²) in [5.74, 6) is -1.59. The molecule has 0 aromatic rings. The van der Waals surface area contributed by atoms with Gasteiger partial charge in [-0.2, -0.15) is 0 Å². The Morgan fingerprint density at radius 1 is 0.885 bits per heavy atom. The number of carbonyl (C=O) groups is 1. The Labute approximate surface area is 156 Å². The van der Waals surface area contributed by atoms with Crippen molar-refractivity contribution in [2.24, 2.45) is 4.99 Å². The van der Waals surface area contributed by atoms with E-state index in [4.69, 9.17) is 28.4 Å². The van der Waals surface area contributed by atoms with Crippen LogP contribution < -0.4 is 0 Å². The van der Waals surface area contributed by atoms with E-state index in [9.17, 15) is 4.79 Å². The number of hydrogen-bond acceptors (Lipinski definition) is 8. The highest BCUT2D eigenvalue weighted by Crippen LogP contribution is 2.20. The summed E-state index contributed by atoms with van der Waals surface area (Å²) in [7, 11) is 0. The predicted molar refractivity (Wildman–Crippen MR) is 97.9 cm³/mol. The van der Waals surface area contributed by atoms with Crippen LogP contribution in [-0.2, 0) is 33.2 Å². The molecule has 0 aromatic carbocycles. The summed E-state index contributed by atoms with van der Waals surface area (Å²) >= 11 is 0. The third kappa shape index (κ3) is 10.4. The summed E-state index contributed by atoms with van der Waals surface area (Å²) in [6.45, 7) is 14.8. The topological polar surface area (TPSA) is 84.8 Å². The van der Waals surface area contributed by atoms with Crippen molar-refractivity contribution >= 4 is 12.1 Å². The molecule has 0 fully saturated rings. The van der Waals surface area contributed by atoms with Crippen LogP contribution in [0.3, 0.4) is 0 Å². The quantitative estimate of drug-likeness (QED) is 0.115. The molecule has 0 saturated carbocycles. The summed E-state index contributed by atoms with van der Waals surface area (Å²) in [6, 6.07) is 0. The fourth-order valence-corrected chi connectivity index (χ4v) is 1.93. The second-order valence-corrected chi connectivity index (χ2v) is 5.08. The van der Waals surface area contributed by atoms with E-state index in [0.29, 0.717) is 45.0 Å². The minimum atomic E-state index is -1.13. The van der Waals surface area contributed by atoms with Crippen molar-refractivity contribution in [3.63, 3.8) is 0 Å². The molecular weight excluding hydrogens is 342 g/mol. The molecule has 0 rings (SSSR count). The standard InChI is InChI=1S/C18H33NO7/c1-7-21-17(23-14-13-22-16(20)15(5)6)19-12-11-18(24-8-2,25-9-3)26-10-4/h5,7-14H2,1-4,6H3.